The quantitative estimate of drug-likeness (QED) is 0.921. The van der Waals surface area contributed by atoms with Crippen LogP contribution in [0.5, 0.6) is 0 Å². The van der Waals surface area contributed by atoms with Gasteiger partial charge in [-0.2, -0.15) is 0 Å². The molecule has 1 aromatic heterocycles. The van der Waals surface area contributed by atoms with Crippen LogP contribution in [0.4, 0.5) is 4.39 Å². The third-order valence-corrected chi connectivity index (χ3v) is 2.62. The Kier molecular flexibility index (Phi) is 3.79. The van der Waals surface area contributed by atoms with Gasteiger partial charge in [0.25, 0.3) is 5.91 Å². The number of nitrogens with zero attached hydrogens (tertiary/aromatic N) is 2. The van der Waals surface area contributed by atoms with E-state index in [9.17, 15) is 14.0 Å². The van der Waals surface area contributed by atoms with Gasteiger partial charge >= 0.3 is 5.97 Å². The number of hydrogen-bond donors (Lipinski definition) is 1. The fourth-order valence-electron chi connectivity index (χ4n) is 1.61. The van der Waals surface area contributed by atoms with Gasteiger partial charge in [0, 0.05) is 19.7 Å². The van der Waals surface area contributed by atoms with Crippen molar-refractivity contribution in [1.82, 2.24) is 10.1 Å². The predicted molar refractivity (Wildman–Crippen MR) is 65.7 cm³/mol. The van der Waals surface area contributed by atoms with E-state index in [-0.39, 0.29) is 18.1 Å². The summed E-state index contributed by atoms with van der Waals surface area (Å²) < 4.78 is 17.3. The molecule has 0 aliphatic heterocycles. The topological polar surface area (TPSA) is 83.6 Å². The Morgan fingerprint density at radius 2 is 2.00 bits per heavy atom. The summed E-state index contributed by atoms with van der Waals surface area (Å²) in [6, 6.07) is 6.78. The van der Waals surface area contributed by atoms with Gasteiger partial charge < -0.3 is 14.5 Å². The molecule has 1 aromatic carbocycles. The summed E-state index contributed by atoms with van der Waals surface area (Å²) in [7, 11) is 1.53. The smallest absolute Gasteiger partial charge is 0.374 e. The molecular formula is C13H11FN2O4. The zero-order valence-electron chi connectivity index (χ0n) is 10.5. The first-order valence-electron chi connectivity index (χ1n) is 5.67. The number of carbonyl (C=O) groups is 2. The first kappa shape index (κ1) is 13.7. The molecule has 1 N–H and O–H groups in total. The average molecular weight is 278 g/mol. The van der Waals surface area contributed by atoms with Crippen LogP contribution in [0.1, 0.15) is 26.6 Å². The van der Waals surface area contributed by atoms with E-state index in [1.165, 1.54) is 24.1 Å². The highest BCUT2D eigenvalue weighted by Crippen LogP contribution is 2.10. The molecule has 0 fully saturated rings. The van der Waals surface area contributed by atoms with E-state index in [1.54, 1.807) is 12.1 Å². The minimum atomic E-state index is -1.29. The summed E-state index contributed by atoms with van der Waals surface area (Å²) in [6.45, 7) is 0.244. The second-order valence-corrected chi connectivity index (χ2v) is 4.17. The summed E-state index contributed by atoms with van der Waals surface area (Å²) in [5, 5.41) is 12.1. The largest absolute Gasteiger partial charge is 0.475 e. The highest BCUT2D eigenvalue weighted by Gasteiger charge is 2.19. The lowest BCUT2D eigenvalue weighted by Gasteiger charge is -2.15. The summed E-state index contributed by atoms with van der Waals surface area (Å²) in [5.41, 5.74) is 0.649. The van der Waals surface area contributed by atoms with Crippen molar-refractivity contribution in [1.29, 1.82) is 0 Å². The van der Waals surface area contributed by atoms with Crippen LogP contribution < -0.4 is 0 Å². The Morgan fingerprint density at radius 3 is 2.55 bits per heavy atom. The van der Waals surface area contributed by atoms with Gasteiger partial charge in [-0.15, -0.1) is 0 Å². The number of amides is 1. The summed E-state index contributed by atoms with van der Waals surface area (Å²) >= 11 is 0. The lowest BCUT2D eigenvalue weighted by molar-refractivity contribution is 0.0649. The number of carboxylic acids is 1. The zero-order valence-corrected chi connectivity index (χ0v) is 10.5. The number of aromatic nitrogens is 1. The molecule has 104 valence electrons. The van der Waals surface area contributed by atoms with Gasteiger partial charge in [0.2, 0.25) is 5.76 Å². The van der Waals surface area contributed by atoms with Gasteiger partial charge in [-0.1, -0.05) is 17.3 Å². The Bertz CT molecular complexity index is 636. The van der Waals surface area contributed by atoms with Crippen molar-refractivity contribution in [2.24, 2.45) is 0 Å². The fraction of sp³-hybridized carbons (Fsp3) is 0.154. The molecule has 0 saturated carbocycles. The number of benzene rings is 1. The number of carbonyl (C=O) groups excluding carboxylic acids is 1. The zero-order chi connectivity index (χ0) is 14.7. The van der Waals surface area contributed by atoms with Crippen LogP contribution in [-0.2, 0) is 6.54 Å². The predicted octanol–water partition coefficient (Wildman–Crippen LogP) is 1.78. The second-order valence-electron chi connectivity index (χ2n) is 4.17. The fourth-order valence-corrected chi connectivity index (χ4v) is 1.61. The van der Waals surface area contributed by atoms with Crippen molar-refractivity contribution >= 4 is 11.9 Å². The highest BCUT2D eigenvalue weighted by atomic mass is 19.1. The summed E-state index contributed by atoms with van der Waals surface area (Å²) in [5.74, 6) is -2.53. The summed E-state index contributed by atoms with van der Waals surface area (Å²) in [6.07, 6.45) is 0. The maximum Gasteiger partial charge on any atom is 0.374 e. The molecule has 1 heterocycles. The summed E-state index contributed by atoms with van der Waals surface area (Å²) in [4.78, 5) is 24.0. The molecule has 0 aliphatic carbocycles. The van der Waals surface area contributed by atoms with Crippen molar-refractivity contribution in [3.05, 3.63) is 53.2 Å². The van der Waals surface area contributed by atoms with Crippen LogP contribution in [0.2, 0.25) is 0 Å². The minimum Gasteiger partial charge on any atom is -0.475 e. The van der Waals surface area contributed by atoms with Crippen LogP contribution in [0.25, 0.3) is 0 Å². The van der Waals surface area contributed by atoms with Crippen LogP contribution in [0.3, 0.4) is 0 Å². The van der Waals surface area contributed by atoms with E-state index in [1.807, 2.05) is 0 Å². The van der Waals surface area contributed by atoms with E-state index < -0.39 is 17.6 Å². The standard InChI is InChI=1S/C13H11FN2O4/c1-16(7-8-2-4-9(14)5-3-8)12(17)10-6-11(13(18)19)20-15-10/h2-6H,7H2,1H3,(H,18,19). The first-order valence-corrected chi connectivity index (χ1v) is 5.67. The van der Waals surface area contributed by atoms with Gasteiger partial charge in [-0.25, -0.2) is 9.18 Å². The molecular weight excluding hydrogens is 267 g/mol. The van der Waals surface area contributed by atoms with Gasteiger partial charge in [0.15, 0.2) is 5.69 Å². The van der Waals surface area contributed by atoms with Gasteiger partial charge in [0.05, 0.1) is 0 Å². The number of aromatic carboxylic acids is 1. The molecule has 0 radical (unpaired) electrons. The maximum absolute atomic E-state index is 12.8. The average Bonchev–Trinajstić information content (AvgIpc) is 2.90. The van der Waals surface area contributed by atoms with Crippen LogP contribution >= 0.6 is 0 Å². The third kappa shape index (κ3) is 3.00. The second kappa shape index (κ2) is 5.52. The van der Waals surface area contributed by atoms with Gasteiger partial charge in [-0.3, -0.25) is 4.79 Å². The lowest BCUT2D eigenvalue weighted by atomic mass is 10.2. The van der Waals surface area contributed by atoms with Gasteiger partial charge in [0.1, 0.15) is 5.82 Å². The number of carboxylic acid groups (broad SMARTS) is 1. The highest BCUT2D eigenvalue weighted by molar-refractivity contribution is 5.94. The van der Waals surface area contributed by atoms with Crippen molar-refractivity contribution < 1.29 is 23.6 Å². The molecule has 0 aliphatic rings. The van der Waals surface area contributed by atoms with E-state index in [0.717, 1.165) is 11.6 Å². The molecule has 0 spiro atoms. The molecule has 2 rings (SSSR count). The van der Waals surface area contributed by atoms with Crippen molar-refractivity contribution in [3.63, 3.8) is 0 Å². The Hall–Kier alpha value is -2.70. The van der Waals surface area contributed by atoms with Gasteiger partial charge in [-0.05, 0) is 17.7 Å². The van der Waals surface area contributed by atoms with E-state index >= 15 is 0 Å². The molecule has 0 bridgehead atoms. The normalized spacial score (nSPS) is 10.3. The molecule has 6 nitrogen and oxygen atoms in total. The number of hydrogen-bond acceptors (Lipinski definition) is 4. The lowest BCUT2D eigenvalue weighted by Crippen LogP contribution is -2.26. The molecule has 0 unspecified atom stereocenters. The molecule has 1 amide bonds. The van der Waals surface area contributed by atoms with Crippen molar-refractivity contribution in [2.45, 2.75) is 6.54 Å². The molecule has 0 saturated heterocycles. The SMILES string of the molecule is CN(Cc1ccc(F)cc1)C(=O)c1cc(C(=O)O)on1. The maximum atomic E-state index is 12.8. The Labute approximate surface area is 113 Å². The Morgan fingerprint density at radius 1 is 1.35 bits per heavy atom. The molecule has 2 aromatic rings. The van der Waals surface area contributed by atoms with Crippen molar-refractivity contribution in [3.8, 4) is 0 Å². The Balaban J connectivity index is 2.07. The third-order valence-electron chi connectivity index (χ3n) is 2.62. The minimum absolute atomic E-state index is 0.0907. The molecule has 20 heavy (non-hydrogen) atoms. The van der Waals surface area contributed by atoms with E-state index in [2.05, 4.69) is 9.68 Å². The number of rotatable bonds is 4. The van der Waals surface area contributed by atoms with Crippen LogP contribution in [-0.4, -0.2) is 34.1 Å². The van der Waals surface area contributed by atoms with E-state index in [0.29, 0.717) is 0 Å². The first-order chi connectivity index (χ1) is 9.47. The van der Waals surface area contributed by atoms with Crippen molar-refractivity contribution in [2.75, 3.05) is 7.05 Å². The number of halogens is 1. The monoisotopic (exact) mass is 278 g/mol. The molecule has 0 atom stereocenters. The van der Waals surface area contributed by atoms with Crippen LogP contribution in [0.15, 0.2) is 34.9 Å². The molecule has 7 heteroatoms. The van der Waals surface area contributed by atoms with E-state index in [4.69, 9.17) is 5.11 Å². The van der Waals surface area contributed by atoms with Crippen LogP contribution in [0, 0.1) is 5.82 Å².